The van der Waals surface area contributed by atoms with E-state index in [0.29, 0.717) is 6.61 Å². The van der Waals surface area contributed by atoms with Crippen LogP contribution in [0.2, 0.25) is 0 Å². The Bertz CT molecular complexity index is 593. The SMILES string of the molecule is C=CCOc1ccc(C(NC(=O)O)c2ccccc2)cc1. The van der Waals surface area contributed by atoms with Gasteiger partial charge in [0.1, 0.15) is 12.4 Å². The lowest BCUT2D eigenvalue weighted by Crippen LogP contribution is -2.27. The van der Waals surface area contributed by atoms with Gasteiger partial charge in [0.2, 0.25) is 0 Å². The van der Waals surface area contributed by atoms with E-state index in [4.69, 9.17) is 9.84 Å². The first-order valence-corrected chi connectivity index (χ1v) is 6.59. The predicted molar refractivity (Wildman–Crippen MR) is 81.6 cm³/mol. The molecule has 0 spiro atoms. The highest BCUT2D eigenvalue weighted by Crippen LogP contribution is 2.24. The molecule has 0 aliphatic heterocycles. The summed E-state index contributed by atoms with van der Waals surface area (Å²) in [5, 5.41) is 11.6. The normalized spacial score (nSPS) is 11.4. The van der Waals surface area contributed by atoms with Gasteiger partial charge in [-0.1, -0.05) is 55.1 Å². The Labute approximate surface area is 123 Å². The number of hydrogen-bond donors (Lipinski definition) is 2. The molecule has 0 saturated carbocycles. The molecule has 2 rings (SSSR count). The number of nitrogens with one attached hydrogen (secondary N) is 1. The molecule has 0 saturated heterocycles. The maximum Gasteiger partial charge on any atom is 0.405 e. The van der Waals surface area contributed by atoms with Crippen LogP contribution in [0.5, 0.6) is 5.75 Å². The quantitative estimate of drug-likeness (QED) is 0.796. The van der Waals surface area contributed by atoms with E-state index in [1.54, 1.807) is 6.08 Å². The summed E-state index contributed by atoms with van der Waals surface area (Å²) in [5.74, 6) is 0.723. The van der Waals surface area contributed by atoms with E-state index in [1.807, 2.05) is 54.6 Å². The maximum absolute atomic E-state index is 11.0. The van der Waals surface area contributed by atoms with Gasteiger partial charge in [-0.2, -0.15) is 0 Å². The minimum atomic E-state index is -1.06. The number of carbonyl (C=O) groups is 1. The van der Waals surface area contributed by atoms with Gasteiger partial charge in [0.25, 0.3) is 0 Å². The van der Waals surface area contributed by atoms with Crippen molar-refractivity contribution in [3.05, 3.63) is 78.4 Å². The Kier molecular flexibility index (Phi) is 4.99. The molecular formula is C17H17NO3. The van der Waals surface area contributed by atoms with Crippen LogP contribution in [0, 0.1) is 0 Å². The van der Waals surface area contributed by atoms with Crippen LogP contribution in [0.15, 0.2) is 67.3 Å². The number of benzene rings is 2. The van der Waals surface area contributed by atoms with Crippen molar-refractivity contribution < 1.29 is 14.6 Å². The molecule has 0 radical (unpaired) electrons. The van der Waals surface area contributed by atoms with Crippen molar-refractivity contribution in [3.8, 4) is 5.75 Å². The molecule has 1 atom stereocenters. The molecule has 1 amide bonds. The summed E-state index contributed by atoms with van der Waals surface area (Å²) in [6.07, 6.45) is 0.614. The third-order valence-electron chi connectivity index (χ3n) is 2.98. The van der Waals surface area contributed by atoms with Crippen molar-refractivity contribution in [2.24, 2.45) is 0 Å². The van der Waals surface area contributed by atoms with Gasteiger partial charge in [-0.05, 0) is 23.3 Å². The van der Waals surface area contributed by atoms with E-state index in [9.17, 15) is 4.79 Å². The van der Waals surface area contributed by atoms with Gasteiger partial charge < -0.3 is 15.2 Å². The lowest BCUT2D eigenvalue weighted by molar-refractivity contribution is 0.191. The zero-order valence-electron chi connectivity index (χ0n) is 11.5. The van der Waals surface area contributed by atoms with Crippen LogP contribution in [0.3, 0.4) is 0 Å². The Morgan fingerprint density at radius 3 is 2.33 bits per heavy atom. The van der Waals surface area contributed by atoms with Crippen LogP contribution in [0.4, 0.5) is 4.79 Å². The molecule has 4 nitrogen and oxygen atoms in total. The van der Waals surface area contributed by atoms with Gasteiger partial charge in [-0.15, -0.1) is 0 Å². The molecule has 4 heteroatoms. The fraction of sp³-hybridized carbons (Fsp3) is 0.118. The molecule has 0 fully saturated rings. The summed E-state index contributed by atoms with van der Waals surface area (Å²) >= 11 is 0. The van der Waals surface area contributed by atoms with E-state index in [1.165, 1.54) is 0 Å². The molecule has 0 aliphatic rings. The average Bonchev–Trinajstić information content (AvgIpc) is 2.52. The predicted octanol–water partition coefficient (Wildman–Crippen LogP) is 3.61. The molecule has 0 aliphatic carbocycles. The van der Waals surface area contributed by atoms with E-state index >= 15 is 0 Å². The van der Waals surface area contributed by atoms with Gasteiger partial charge in [-0.3, -0.25) is 0 Å². The van der Waals surface area contributed by atoms with Gasteiger partial charge in [0, 0.05) is 0 Å². The van der Waals surface area contributed by atoms with Gasteiger partial charge >= 0.3 is 6.09 Å². The average molecular weight is 283 g/mol. The lowest BCUT2D eigenvalue weighted by atomic mass is 9.99. The zero-order valence-corrected chi connectivity index (χ0v) is 11.5. The Balaban J connectivity index is 2.24. The maximum atomic E-state index is 11.0. The van der Waals surface area contributed by atoms with E-state index in [2.05, 4.69) is 11.9 Å². The summed E-state index contributed by atoms with van der Waals surface area (Å²) in [7, 11) is 0. The van der Waals surface area contributed by atoms with Crippen molar-refractivity contribution in [1.82, 2.24) is 5.32 Å². The molecular weight excluding hydrogens is 266 g/mol. The number of amides is 1. The molecule has 0 heterocycles. The highest BCUT2D eigenvalue weighted by molar-refractivity contribution is 5.66. The third-order valence-corrected chi connectivity index (χ3v) is 2.98. The van der Waals surface area contributed by atoms with Crippen LogP contribution in [0.25, 0.3) is 0 Å². The highest BCUT2D eigenvalue weighted by atomic mass is 16.5. The summed E-state index contributed by atoms with van der Waals surface area (Å²) < 4.78 is 5.42. The fourth-order valence-electron chi connectivity index (χ4n) is 2.04. The summed E-state index contributed by atoms with van der Waals surface area (Å²) in [5.41, 5.74) is 1.74. The standard InChI is InChI=1S/C17H17NO3/c1-2-12-21-15-10-8-14(9-11-15)16(18-17(19)20)13-6-4-3-5-7-13/h2-11,16,18H,1,12H2,(H,19,20). The molecule has 2 N–H and O–H groups in total. The minimum absolute atomic E-state index is 0.405. The van der Waals surface area contributed by atoms with Crippen LogP contribution < -0.4 is 10.1 Å². The number of carboxylic acid groups (broad SMARTS) is 1. The second-order valence-corrected chi connectivity index (χ2v) is 4.46. The van der Waals surface area contributed by atoms with Crippen molar-refractivity contribution >= 4 is 6.09 Å². The number of hydrogen-bond acceptors (Lipinski definition) is 2. The topological polar surface area (TPSA) is 58.6 Å². The molecule has 2 aromatic rings. The molecule has 2 aromatic carbocycles. The second-order valence-electron chi connectivity index (χ2n) is 4.46. The lowest BCUT2D eigenvalue weighted by Gasteiger charge is -2.18. The first-order valence-electron chi connectivity index (χ1n) is 6.59. The largest absolute Gasteiger partial charge is 0.490 e. The summed E-state index contributed by atoms with van der Waals surface area (Å²) in [4.78, 5) is 11.0. The van der Waals surface area contributed by atoms with Crippen molar-refractivity contribution in [2.45, 2.75) is 6.04 Å². The highest BCUT2D eigenvalue weighted by Gasteiger charge is 2.16. The molecule has 0 aromatic heterocycles. The van der Waals surface area contributed by atoms with Crippen LogP contribution in [-0.4, -0.2) is 17.8 Å². The summed E-state index contributed by atoms with van der Waals surface area (Å²) in [6, 6.07) is 16.4. The number of rotatable bonds is 6. The van der Waals surface area contributed by atoms with Crippen LogP contribution in [0.1, 0.15) is 17.2 Å². The van der Waals surface area contributed by atoms with Crippen LogP contribution in [-0.2, 0) is 0 Å². The first-order chi connectivity index (χ1) is 10.2. The fourth-order valence-corrected chi connectivity index (χ4v) is 2.04. The molecule has 108 valence electrons. The van der Waals surface area contributed by atoms with E-state index < -0.39 is 12.1 Å². The Morgan fingerprint density at radius 1 is 1.14 bits per heavy atom. The van der Waals surface area contributed by atoms with Gasteiger partial charge in [0.05, 0.1) is 6.04 Å². The van der Waals surface area contributed by atoms with E-state index in [0.717, 1.165) is 16.9 Å². The van der Waals surface area contributed by atoms with Crippen molar-refractivity contribution in [3.63, 3.8) is 0 Å². The Hall–Kier alpha value is -2.75. The van der Waals surface area contributed by atoms with Crippen molar-refractivity contribution in [1.29, 1.82) is 0 Å². The monoisotopic (exact) mass is 283 g/mol. The summed E-state index contributed by atoms with van der Waals surface area (Å²) in [6.45, 7) is 4.03. The smallest absolute Gasteiger partial charge is 0.405 e. The van der Waals surface area contributed by atoms with Crippen LogP contribution >= 0.6 is 0 Å². The van der Waals surface area contributed by atoms with E-state index in [-0.39, 0.29) is 0 Å². The van der Waals surface area contributed by atoms with Gasteiger partial charge in [0.15, 0.2) is 0 Å². The molecule has 0 bridgehead atoms. The zero-order chi connectivity index (χ0) is 15.1. The minimum Gasteiger partial charge on any atom is -0.490 e. The van der Waals surface area contributed by atoms with Gasteiger partial charge in [-0.25, -0.2) is 4.79 Å². The van der Waals surface area contributed by atoms with Crippen molar-refractivity contribution in [2.75, 3.05) is 6.61 Å². The first kappa shape index (κ1) is 14.7. The number of ether oxygens (including phenoxy) is 1. The molecule has 21 heavy (non-hydrogen) atoms. The third kappa shape index (κ3) is 4.11. The Morgan fingerprint density at radius 2 is 1.76 bits per heavy atom. The molecule has 1 unspecified atom stereocenters. The second kappa shape index (κ2) is 7.14.